The molecule has 0 bridgehead atoms. The Kier molecular flexibility index (Phi) is 6.04. The van der Waals surface area contributed by atoms with Crippen molar-refractivity contribution in [1.29, 1.82) is 0 Å². The lowest BCUT2D eigenvalue weighted by molar-refractivity contribution is -0.119. The third-order valence-electron chi connectivity index (χ3n) is 4.14. The van der Waals surface area contributed by atoms with Gasteiger partial charge < -0.3 is 19.8 Å². The number of carbonyl (C=O) groups is 2. The van der Waals surface area contributed by atoms with Gasteiger partial charge in [0.15, 0.2) is 0 Å². The van der Waals surface area contributed by atoms with Crippen LogP contribution in [0, 0.1) is 0 Å². The molecule has 0 spiro atoms. The first-order chi connectivity index (χ1) is 12.6. The van der Waals surface area contributed by atoms with E-state index in [-0.39, 0.29) is 24.5 Å². The molecule has 1 aromatic heterocycles. The summed E-state index contributed by atoms with van der Waals surface area (Å²) < 4.78 is 10.7. The van der Waals surface area contributed by atoms with Crippen LogP contribution in [0.4, 0.5) is 5.69 Å². The molecule has 3 rings (SSSR count). The number of anilines is 1. The summed E-state index contributed by atoms with van der Waals surface area (Å²) in [6, 6.07) is 10.5. The number of furan rings is 1. The van der Waals surface area contributed by atoms with Gasteiger partial charge in [-0.15, -0.1) is 0 Å². The van der Waals surface area contributed by atoms with E-state index in [1.807, 2.05) is 11.8 Å². The Morgan fingerprint density at radius 2 is 2.08 bits per heavy atom. The summed E-state index contributed by atoms with van der Waals surface area (Å²) in [5.74, 6) is 0.254. The third-order valence-corrected chi connectivity index (χ3v) is 4.14. The number of amides is 2. The van der Waals surface area contributed by atoms with Crippen LogP contribution in [0.2, 0.25) is 0 Å². The summed E-state index contributed by atoms with van der Waals surface area (Å²) in [6.07, 6.45) is 1.68. The van der Waals surface area contributed by atoms with Gasteiger partial charge in [0.25, 0.3) is 5.91 Å². The zero-order chi connectivity index (χ0) is 18.4. The fourth-order valence-corrected chi connectivity index (χ4v) is 2.89. The van der Waals surface area contributed by atoms with Crippen molar-refractivity contribution in [2.75, 3.05) is 31.6 Å². The number of ether oxygens (including phenoxy) is 1. The predicted molar refractivity (Wildman–Crippen MR) is 96.8 cm³/mol. The van der Waals surface area contributed by atoms with Crippen molar-refractivity contribution < 1.29 is 18.7 Å². The minimum Gasteiger partial charge on any atom is -0.467 e. The van der Waals surface area contributed by atoms with Crippen molar-refractivity contribution in [1.82, 2.24) is 10.2 Å². The first-order valence-corrected chi connectivity index (χ1v) is 8.65. The molecule has 2 amide bonds. The van der Waals surface area contributed by atoms with Gasteiger partial charge in [0.05, 0.1) is 43.3 Å². The van der Waals surface area contributed by atoms with E-state index >= 15 is 0 Å². The average molecular weight is 357 g/mol. The molecule has 1 aromatic carbocycles. The number of rotatable bonds is 6. The number of nitrogens with zero attached hydrogens (tertiary/aromatic N) is 1. The van der Waals surface area contributed by atoms with Crippen LogP contribution < -0.4 is 10.6 Å². The molecule has 1 aliphatic rings. The van der Waals surface area contributed by atoms with Crippen molar-refractivity contribution in [2.24, 2.45) is 0 Å². The summed E-state index contributed by atoms with van der Waals surface area (Å²) in [6.45, 7) is 4.63. The first kappa shape index (κ1) is 18.2. The maximum Gasteiger partial charge on any atom is 0.253 e. The summed E-state index contributed by atoms with van der Waals surface area (Å²) in [5.41, 5.74) is 0.915. The molecular formula is C19H23N3O4. The van der Waals surface area contributed by atoms with Crippen LogP contribution in [-0.2, 0) is 16.1 Å². The van der Waals surface area contributed by atoms with Gasteiger partial charge in [-0.1, -0.05) is 12.1 Å². The summed E-state index contributed by atoms with van der Waals surface area (Å²) in [5, 5.41) is 5.63. The molecule has 7 nitrogen and oxygen atoms in total. The first-order valence-electron chi connectivity index (χ1n) is 8.65. The predicted octanol–water partition coefficient (Wildman–Crippen LogP) is 1.87. The summed E-state index contributed by atoms with van der Waals surface area (Å²) in [4.78, 5) is 26.9. The Hall–Kier alpha value is -2.64. The quantitative estimate of drug-likeness (QED) is 0.825. The van der Waals surface area contributed by atoms with Crippen molar-refractivity contribution in [3.8, 4) is 0 Å². The van der Waals surface area contributed by atoms with Crippen molar-refractivity contribution in [3.63, 3.8) is 0 Å². The molecule has 2 aromatic rings. The molecule has 138 valence electrons. The van der Waals surface area contributed by atoms with E-state index in [1.54, 1.807) is 42.7 Å². The lowest BCUT2D eigenvalue weighted by Gasteiger charge is -2.30. The zero-order valence-corrected chi connectivity index (χ0v) is 14.7. The molecular weight excluding hydrogens is 334 g/mol. The highest BCUT2D eigenvalue weighted by atomic mass is 16.5. The van der Waals surface area contributed by atoms with Crippen LogP contribution in [0.5, 0.6) is 0 Å². The third kappa shape index (κ3) is 4.93. The number of carbonyl (C=O) groups excluding carboxylic acids is 2. The molecule has 1 fully saturated rings. The molecule has 2 N–H and O–H groups in total. The molecule has 0 radical (unpaired) electrons. The van der Waals surface area contributed by atoms with E-state index in [9.17, 15) is 9.59 Å². The Morgan fingerprint density at radius 1 is 1.23 bits per heavy atom. The minimum atomic E-state index is -0.266. The highest BCUT2D eigenvalue weighted by Crippen LogP contribution is 2.15. The normalized spacial score (nSPS) is 17.7. The number of morpholine rings is 1. The zero-order valence-electron chi connectivity index (χ0n) is 14.7. The molecule has 7 heteroatoms. The fourth-order valence-electron chi connectivity index (χ4n) is 2.89. The van der Waals surface area contributed by atoms with Gasteiger partial charge in [0.2, 0.25) is 5.91 Å². The van der Waals surface area contributed by atoms with Crippen LogP contribution in [0.1, 0.15) is 23.0 Å². The van der Waals surface area contributed by atoms with Gasteiger partial charge in [0, 0.05) is 13.1 Å². The van der Waals surface area contributed by atoms with Crippen molar-refractivity contribution in [2.45, 2.75) is 19.6 Å². The van der Waals surface area contributed by atoms with Gasteiger partial charge in [-0.25, -0.2) is 0 Å². The Labute approximate surface area is 152 Å². The van der Waals surface area contributed by atoms with E-state index in [4.69, 9.17) is 9.15 Å². The van der Waals surface area contributed by atoms with E-state index in [2.05, 4.69) is 10.6 Å². The number of benzene rings is 1. The molecule has 26 heavy (non-hydrogen) atoms. The lowest BCUT2D eigenvalue weighted by Crippen LogP contribution is -2.44. The smallest absolute Gasteiger partial charge is 0.253 e. The van der Waals surface area contributed by atoms with Gasteiger partial charge in [-0.05, 0) is 31.2 Å². The highest BCUT2D eigenvalue weighted by molar-refractivity contribution is 6.04. The van der Waals surface area contributed by atoms with Crippen LogP contribution in [0.3, 0.4) is 0 Å². The Bertz CT molecular complexity index is 745. The number of hydrogen-bond donors (Lipinski definition) is 2. The molecule has 1 saturated heterocycles. The van der Waals surface area contributed by atoms with Crippen LogP contribution in [0.25, 0.3) is 0 Å². The van der Waals surface area contributed by atoms with Crippen LogP contribution >= 0.6 is 0 Å². The van der Waals surface area contributed by atoms with Gasteiger partial charge in [-0.3, -0.25) is 14.5 Å². The second-order valence-electron chi connectivity index (χ2n) is 6.27. The van der Waals surface area contributed by atoms with Gasteiger partial charge >= 0.3 is 0 Å². The average Bonchev–Trinajstić information content (AvgIpc) is 3.13. The standard InChI is InChI=1S/C19H23N3O4/c1-14-12-22(8-10-25-14)13-18(23)21-17-7-3-2-6-16(17)19(24)20-11-15-5-4-9-26-15/h2-7,9,14H,8,10-13H2,1H3,(H,20,24)(H,21,23)/t14-/m1/s1. The Morgan fingerprint density at radius 3 is 2.85 bits per heavy atom. The topological polar surface area (TPSA) is 83.8 Å². The van der Waals surface area contributed by atoms with Crippen molar-refractivity contribution >= 4 is 17.5 Å². The number of nitrogens with one attached hydrogen (secondary N) is 2. The van der Waals surface area contributed by atoms with E-state index in [1.165, 1.54) is 0 Å². The maximum absolute atomic E-state index is 12.4. The van der Waals surface area contributed by atoms with Crippen molar-refractivity contribution in [3.05, 3.63) is 54.0 Å². The molecule has 2 heterocycles. The van der Waals surface area contributed by atoms with E-state index in [0.717, 1.165) is 13.1 Å². The monoisotopic (exact) mass is 357 g/mol. The lowest BCUT2D eigenvalue weighted by atomic mass is 10.1. The Balaban J connectivity index is 1.59. The second-order valence-corrected chi connectivity index (χ2v) is 6.27. The molecule has 0 aliphatic carbocycles. The number of para-hydroxylation sites is 1. The van der Waals surface area contributed by atoms with E-state index in [0.29, 0.717) is 30.2 Å². The van der Waals surface area contributed by atoms with E-state index < -0.39 is 0 Å². The molecule has 1 aliphatic heterocycles. The SMILES string of the molecule is C[C@@H]1CN(CC(=O)Nc2ccccc2C(=O)NCc2ccco2)CCO1. The summed E-state index contributed by atoms with van der Waals surface area (Å²) >= 11 is 0. The fraction of sp³-hybridized carbons (Fsp3) is 0.368. The molecule has 0 saturated carbocycles. The highest BCUT2D eigenvalue weighted by Gasteiger charge is 2.20. The molecule has 0 unspecified atom stereocenters. The maximum atomic E-state index is 12.4. The number of hydrogen-bond acceptors (Lipinski definition) is 5. The summed E-state index contributed by atoms with van der Waals surface area (Å²) in [7, 11) is 0. The molecule has 1 atom stereocenters. The second kappa shape index (κ2) is 8.64. The van der Waals surface area contributed by atoms with Gasteiger partial charge in [-0.2, -0.15) is 0 Å². The van der Waals surface area contributed by atoms with Gasteiger partial charge in [0.1, 0.15) is 5.76 Å². The van der Waals surface area contributed by atoms with Crippen LogP contribution in [0.15, 0.2) is 47.1 Å². The largest absolute Gasteiger partial charge is 0.467 e. The minimum absolute atomic E-state index is 0.121. The van der Waals surface area contributed by atoms with Crippen LogP contribution in [-0.4, -0.2) is 49.1 Å².